The van der Waals surface area contributed by atoms with Gasteiger partial charge in [0.2, 0.25) is 11.7 Å². The third-order valence-corrected chi connectivity index (χ3v) is 3.25. The van der Waals surface area contributed by atoms with Crippen molar-refractivity contribution in [2.24, 2.45) is 0 Å². The second-order valence-corrected chi connectivity index (χ2v) is 4.77. The third kappa shape index (κ3) is 2.44. The van der Waals surface area contributed by atoms with Crippen LogP contribution in [0.25, 0.3) is 16.6 Å². The van der Waals surface area contributed by atoms with Crippen molar-refractivity contribution in [3.8, 4) is 11.6 Å². The van der Waals surface area contributed by atoms with E-state index in [0.29, 0.717) is 5.75 Å². The Hall–Kier alpha value is -3.16. The van der Waals surface area contributed by atoms with Gasteiger partial charge in [0.15, 0.2) is 5.65 Å². The number of rotatable bonds is 3. The molecule has 6 nitrogen and oxygen atoms in total. The average molecular weight is 313 g/mol. The molecule has 23 heavy (non-hydrogen) atoms. The van der Waals surface area contributed by atoms with Crippen LogP contribution in [0.3, 0.4) is 0 Å². The van der Waals surface area contributed by atoms with Crippen molar-refractivity contribution in [2.75, 3.05) is 0 Å². The van der Waals surface area contributed by atoms with Crippen molar-refractivity contribution in [2.45, 2.75) is 6.43 Å². The predicted molar refractivity (Wildman–Crippen MR) is 77.6 cm³/mol. The maximum absolute atomic E-state index is 12.8. The summed E-state index contributed by atoms with van der Waals surface area (Å²) in [6.07, 6.45) is -1.22. The van der Waals surface area contributed by atoms with E-state index in [1.807, 2.05) is 24.3 Å². The first kappa shape index (κ1) is 13.5. The Bertz CT molecular complexity index is 1000. The summed E-state index contributed by atoms with van der Waals surface area (Å²) in [6.45, 7) is 0. The van der Waals surface area contributed by atoms with Gasteiger partial charge in [-0.15, -0.1) is 15.3 Å². The standard InChI is InChI=1S/C15H9F2N5O/c16-14(17)15-20-19-12-5-6-13(21-22(12)15)23-10-7-9-3-1-2-4-11(9)18-8-10/h1-8,14H. The van der Waals surface area contributed by atoms with Crippen LogP contribution in [0.5, 0.6) is 11.6 Å². The summed E-state index contributed by atoms with van der Waals surface area (Å²) < 4.78 is 32.3. The summed E-state index contributed by atoms with van der Waals surface area (Å²) in [5.41, 5.74) is 1.06. The quantitative estimate of drug-likeness (QED) is 0.580. The SMILES string of the molecule is FC(F)c1nnc2ccc(Oc3cnc4ccccc4c3)nn12. The van der Waals surface area contributed by atoms with Crippen LogP contribution in [0.4, 0.5) is 8.78 Å². The Morgan fingerprint density at radius 3 is 2.78 bits per heavy atom. The van der Waals surface area contributed by atoms with Crippen LogP contribution in [-0.4, -0.2) is 24.8 Å². The maximum Gasteiger partial charge on any atom is 0.299 e. The van der Waals surface area contributed by atoms with Gasteiger partial charge in [-0.25, -0.2) is 8.78 Å². The zero-order valence-electron chi connectivity index (χ0n) is 11.6. The van der Waals surface area contributed by atoms with E-state index in [0.717, 1.165) is 15.4 Å². The molecule has 0 bridgehead atoms. The van der Waals surface area contributed by atoms with Crippen LogP contribution in [0, 0.1) is 0 Å². The van der Waals surface area contributed by atoms with Crippen LogP contribution >= 0.6 is 0 Å². The minimum absolute atomic E-state index is 0.149. The van der Waals surface area contributed by atoms with Gasteiger partial charge in [-0.2, -0.15) is 4.52 Å². The second-order valence-electron chi connectivity index (χ2n) is 4.77. The first-order chi connectivity index (χ1) is 11.2. The molecule has 0 amide bonds. The van der Waals surface area contributed by atoms with E-state index in [2.05, 4.69) is 20.3 Å². The molecule has 4 rings (SSSR count). The minimum Gasteiger partial charge on any atom is -0.436 e. The summed E-state index contributed by atoms with van der Waals surface area (Å²) in [5, 5.41) is 11.9. The Morgan fingerprint density at radius 1 is 1.04 bits per heavy atom. The number of hydrogen-bond acceptors (Lipinski definition) is 5. The van der Waals surface area contributed by atoms with Gasteiger partial charge in [0.1, 0.15) is 5.75 Å². The van der Waals surface area contributed by atoms with Gasteiger partial charge in [0.05, 0.1) is 11.7 Å². The maximum atomic E-state index is 12.8. The van der Waals surface area contributed by atoms with Gasteiger partial charge in [0, 0.05) is 11.5 Å². The largest absolute Gasteiger partial charge is 0.436 e. The zero-order chi connectivity index (χ0) is 15.8. The molecule has 0 spiro atoms. The van der Waals surface area contributed by atoms with Gasteiger partial charge in [-0.1, -0.05) is 18.2 Å². The molecular weight excluding hydrogens is 304 g/mol. The lowest BCUT2D eigenvalue weighted by molar-refractivity contribution is 0.137. The molecule has 3 heterocycles. The van der Waals surface area contributed by atoms with Crippen LogP contribution < -0.4 is 4.74 Å². The van der Waals surface area contributed by atoms with Crippen LogP contribution in [0.15, 0.2) is 48.7 Å². The number of halogens is 2. The molecule has 0 N–H and O–H groups in total. The highest BCUT2D eigenvalue weighted by Crippen LogP contribution is 2.24. The van der Waals surface area contributed by atoms with Crippen LogP contribution in [-0.2, 0) is 0 Å². The molecule has 0 saturated heterocycles. The van der Waals surface area contributed by atoms with Crippen molar-refractivity contribution in [1.82, 2.24) is 24.8 Å². The van der Waals surface area contributed by atoms with E-state index < -0.39 is 12.2 Å². The topological polar surface area (TPSA) is 65.2 Å². The molecule has 0 atom stereocenters. The van der Waals surface area contributed by atoms with E-state index in [1.54, 1.807) is 12.3 Å². The molecule has 0 aliphatic rings. The molecule has 8 heteroatoms. The summed E-state index contributed by atoms with van der Waals surface area (Å²) in [6, 6.07) is 12.4. The smallest absolute Gasteiger partial charge is 0.299 e. The van der Waals surface area contributed by atoms with Crippen molar-refractivity contribution >= 4 is 16.6 Å². The van der Waals surface area contributed by atoms with Gasteiger partial charge < -0.3 is 4.74 Å². The minimum atomic E-state index is -2.77. The summed E-state index contributed by atoms with van der Waals surface area (Å²) >= 11 is 0. The first-order valence-electron chi connectivity index (χ1n) is 6.74. The fourth-order valence-electron chi connectivity index (χ4n) is 2.21. The molecule has 0 radical (unpaired) electrons. The second kappa shape index (κ2) is 5.24. The van der Waals surface area contributed by atoms with Crippen molar-refractivity contribution in [1.29, 1.82) is 0 Å². The van der Waals surface area contributed by atoms with E-state index in [-0.39, 0.29) is 11.5 Å². The average Bonchev–Trinajstić information content (AvgIpc) is 2.98. The number of hydrogen-bond donors (Lipinski definition) is 0. The molecule has 4 aromatic rings. The van der Waals surface area contributed by atoms with Gasteiger partial charge in [-0.05, 0) is 18.2 Å². The Morgan fingerprint density at radius 2 is 1.91 bits per heavy atom. The van der Waals surface area contributed by atoms with Crippen molar-refractivity contribution in [3.63, 3.8) is 0 Å². The molecule has 0 aliphatic carbocycles. The molecular formula is C15H9F2N5O. The number of benzene rings is 1. The molecule has 0 fully saturated rings. The van der Waals surface area contributed by atoms with Gasteiger partial charge >= 0.3 is 0 Å². The fraction of sp³-hybridized carbons (Fsp3) is 0.0667. The van der Waals surface area contributed by atoms with Crippen LogP contribution in [0.1, 0.15) is 12.2 Å². The van der Waals surface area contributed by atoms with Gasteiger partial charge in [0.25, 0.3) is 6.43 Å². The summed E-state index contributed by atoms with van der Waals surface area (Å²) in [7, 11) is 0. The normalized spacial score (nSPS) is 11.4. The summed E-state index contributed by atoms with van der Waals surface area (Å²) in [5.74, 6) is 0.0839. The number of para-hydroxylation sites is 1. The molecule has 0 unspecified atom stereocenters. The van der Waals surface area contributed by atoms with Crippen LogP contribution in [0.2, 0.25) is 0 Å². The van der Waals surface area contributed by atoms with E-state index in [1.165, 1.54) is 12.1 Å². The Kier molecular flexibility index (Phi) is 3.07. The summed E-state index contributed by atoms with van der Waals surface area (Å²) in [4.78, 5) is 4.27. The number of nitrogens with zero attached hydrogens (tertiary/aromatic N) is 5. The lowest BCUT2D eigenvalue weighted by Gasteiger charge is -2.06. The molecule has 1 aromatic carbocycles. The van der Waals surface area contributed by atoms with Gasteiger partial charge in [-0.3, -0.25) is 4.98 Å². The monoisotopic (exact) mass is 313 g/mol. The molecule has 3 aromatic heterocycles. The van der Waals surface area contributed by atoms with Crippen molar-refractivity contribution in [3.05, 3.63) is 54.5 Å². The Balaban J connectivity index is 1.72. The fourth-order valence-corrected chi connectivity index (χ4v) is 2.21. The zero-order valence-corrected chi connectivity index (χ0v) is 11.6. The molecule has 0 saturated carbocycles. The van der Waals surface area contributed by atoms with Crippen molar-refractivity contribution < 1.29 is 13.5 Å². The highest BCUT2D eigenvalue weighted by atomic mass is 19.3. The van der Waals surface area contributed by atoms with E-state index in [4.69, 9.17) is 4.74 Å². The highest BCUT2D eigenvalue weighted by molar-refractivity contribution is 5.79. The highest BCUT2D eigenvalue weighted by Gasteiger charge is 2.17. The molecule has 0 aliphatic heterocycles. The number of alkyl halides is 2. The van der Waals surface area contributed by atoms with E-state index >= 15 is 0 Å². The number of ether oxygens (including phenoxy) is 1. The third-order valence-electron chi connectivity index (χ3n) is 3.25. The number of aromatic nitrogens is 5. The lowest BCUT2D eigenvalue weighted by atomic mass is 10.2. The number of pyridine rings is 1. The Labute approximate surface area is 128 Å². The predicted octanol–water partition coefficient (Wildman–Crippen LogP) is 3.40. The van der Waals surface area contributed by atoms with E-state index in [9.17, 15) is 8.78 Å². The number of fused-ring (bicyclic) bond motifs is 2. The first-order valence-corrected chi connectivity index (χ1v) is 6.74. The molecule has 114 valence electrons. The lowest BCUT2D eigenvalue weighted by Crippen LogP contribution is -2.01.